The molecule has 2 aliphatic rings. The van der Waals surface area contributed by atoms with Crippen LogP contribution in [0.2, 0.25) is 0 Å². The summed E-state index contributed by atoms with van der Waals surface area (Å²) in [6.45, 7) is 0.812. The number of ketones is 1. The number of fused-ring (bicyclic) bond motifs is 1. The molecule has 4 rings (SSSR count). The molecule has 0 aliphatic carbocycles. The van der Waals surface area contributed by atoms with Crippen molar-refractivity contribution in [2.45, 2.75) is 56.6 Å². The van der Waals surface area contributed by atoms with Crippen molar-refractivity contribution >= 4 is 5.78 Å². The number of aliphatic hydroxyl groups excluding tert-OH is 5. The van der Waals surface area contributed by atoms with Crippen LogP contribution in [0.5, 0.6) is 23.0 Å². The summed E-state index contributed by atoms with van der Waals surface area (Å²) in [5.41, 5.74) is 1.47. The Morgan fingerprint density at radius 2 is 1.78 bits per heavy atom. The minimum atomic E-state index is -1.70. The maximum absolute atomic E-state index is 13.1. The lowest BCUT2D eigenvalue weighted by atomic mass is 9.92. The first-order chi connectivity index (χ1) is 17.6. The highest BCUT2D eigenvalue weighted by Gasteiger charge is 2.45. The number of hydrogen-bond acceptors (Lipinski definition) is 11. The highest BCUT2D eigenvalue weighted by Crippen LogP contribution is 2.46. The van der Waals surface area contributed by atoms with E-state index < -0.39 is 49.2 Å². The first-order valence-corrected chi connectivity index (χ1v) is 11.8. The van der Waals surface area contributed by atoms with Gasteiger partial charge in [-0.05, 0) is 31.0 Å². The van der Waals surface area contributed by atoms with Gasteiger partial charge in [-0.2, -0.15) is 0 Å². The van der Waals surface area contributed by atoms with E-state index >= 15 is 0 Å². The number of rotatable bonds is 7. The van der Waals surface area contributed by atoms with E-state index in [1.54, 1.807) is 25.1 Å². The predicted molar refractivity (Wildman–Crippen MR) is 127 cm³/mol. The number of carbonyl (C=O) groups excluding carboxylic acids is 1. The normalized spacial score (nSPS) is 27.9. The number of aliphatic hydroxyl groups is 5. The maximum Gasteiger partial charge on any atom is 0.229 e. The van der Waals surface area contributed by atoms with Gasteiger partial charge in [-0.15, -0.1) is 0 Å². The number of allylic oxidation sites excluding steroid dienone is 1. The van der Waals surface area contributed by atoms with E-state index in [2.05, 4.69) is 0 Å². The first kappa shape index (κ1) is 26.9. The molecule has 0 amide bonds. The Labute approximate surface area is 212 Å². The monoisotopic (exact) mass is 518 g/mol. The molecule has 2 aromatic carbocycles. The standard InChI is InChI=1S/C26H30O11/c1-12(10-27)2-7-15-19(36-26-24(34)23(33)22(32)20(11-28)37-26)9-17(31)21-16(30)8-18(35-25(15)21)13-3-5-14(29)6-4-13/h2-6,9,18,20,22-24,26-29,31-34H,7-8,10-11H2,1H3/b12-2+/t18-,20?,22+,23-,24?,26+/m0/s1. The summed E-state index contributed by atoms with van der Waals surface area (Å²) in [5.74, 6) is -0.780. The van der Waals surface area contributed by atoms with E-state index in [1.165, 1.54) is 18.2 Å². The molecule has 11 nitrogen and oxygen atoms in total. The fourth-order valence-corrected chi connectivity index (χ4v) is 4.32. The zero-order valence-corrected chi connectivity index (χ0v) is 20.0. The summed E-state index contributed by atoms with van der Waals surface area (Å²) in [4.78, 5) is 13.1. The van der Waals surface area contributed by atoms with Crippen LogP contribution in [0.25, 0.3) is 0 Å². The molecule has 0 aromatic heterocycles. The number of benzene rings is 2. The Hall–Kier alpha value is -3.19. The number of Topliss-reactive ketones (excluding diaryl/α,β-unsaturated/α-hetero) is 1. The molecule has 2 aliphatic heterocycles. The molecular weight excluding hydrogens is 488 g/mol. The molecule has 6 atom stereocenters. The maximum atomic E-state index is 13.1. The van der Waals surface area contributed by atoms with E-state index in [4.69, 9.17) is 14.2 Å². The van der Waals surface area contributed by atoms with Crippen LogP contribution in [0, 0.1) is 0 Å². The Balaban J connectivity index is 1.77. The van der Waals surface area contributed by atoms with Crippen LogP contribution >= 0.6 is 0 Å². The van der Waals surface area contributed by atoms with Gasteiger partial charge in [0.05, 0.1) is 19.6 Å². The van der Waals surface area contributed by atoms with Crippen molar-refractivity contribution in [2.75, 3.05) is 13.2 Å². The predicted octanol–water partition coefficient (Wildman–Crippen LogP) is 0.464. The van der Waals surface area contributed by atoms with Crippen LogP contribution in [-0.4, -0.2) is 85.4 Å². The van der Waals surface area contributed by atoms with E-state index in [9.17, 15) is 40.5 Å². The van der Waals surface area contributed by atoms with Crippen LogP contribution in [0.15, 0.2) is 42.0 Å². The minimum absolute atomic E-state index is 0.0379. The molecule has 1 saturated heterocycles. The van der Waals surface area contributed by atoms with Gasteiger partial charge >= 0.3 is 0 Å². The smallest absolute Gasteiger partial charge is 0.229 e. The number of hydrogen-bond donors (Lipinski definition) is 7. The summed E-state index contributed by atoms with van der Waals surface area (Å²) in [6, 6.07) is 7.32. The van der Waals surface area contributed by atoms with Gasteiger partial charge in [0.2, 0.25) is 6.29 Å². The molecule has 11 heteroatoms. The Kier molecular flexibility index (Phi) is 8.02. The van der Waals surface area contributed by atoms with Crippen molar-refractivity contribution in [2.24, 2.45) is 0 Å². The largest absolute Gasteiger partial charge is 0.508 e. The molecule has 200 valence electrons. The third-order valence-electron chi connectivity index (χ3n) is 6.49. The second-order valence-corrected chi connectivity index (χ2v) is 9.13. The minimum Gasteiger partial charge on any atom is -0.508 e. The molecule has 37 heavy (non-hydrogen) atoms. The number of ether oxygens (including phenoxy) is 3. The summed E-state index contributed by atoms with van der Waals surface area (Å²) in [7, 11) is 0. The van der Waals surface area contributed by atoms with Crippen LogP contribution in [-0.2, 0) is 11.2 Å². The Bertz CT molecular complexity index is 1160. The zero-order chi connectivity index (χ0) is 26.9. The lowest BCUT2D eigenvalue weighted by molar-refractivity contribution is -0.277. The molecule has 2 aromatic rings. The van der Waals surface area contributed by atoms with Gasteiger partial charge in [0.15, 0.2) is 5.78 Å². The van der Waals surface area contributed by atoms with Crippen molar-refractivity contribution in [3.8, 4) is 23.0 Å². The van der Waals surface area contributed by atoms with Crippen molar-refractivity contribution in [3.05, 3.63) is 58.7 Å². The van der Waals surface area contributed by atoms with E-state index in [0.717, 1.165) is 0 Å². The van der Waals surface area contributed by atoms with Crippen LogP contribution in [0.1, 0.15) is 40.9 Å². The van der Waals surface area contributed by atoms with Crippen LogP contribution in [0.3, 0.4) is 0 Å². The van der Waals surface area contributed by atoms with Gasteiger partial charge in [-0.1, -0.05) is 23.8 Å². The molecule has 0 radical (unpaired) electrons. The molecule has 0 spiro atoms. The van der Waals surface area contributed by atoms with Gasteiger partial charge in [0.1, 0.15) is 59.1 Å². The van der Waals surface area contributed by atoms with E-state index in [0.29, 0.717) is 16.7 Å². The first-order valence-electron chi connectivity index (χ1n) is 11.8. The quantitative estimate of drug-likeness (QED) is 0.253. The highest BCUT2D eigenvalue weighted by molar-refractivity contribution is 6.03. The van der Waals surface area contributed by atoms with Crippen molar-refractivity contribution in [3.63, 3.8) is 0 Å². The molecule has 0 bridgehead atoms. The average molecular weight is 519 g/mol. The van der Waals surface area contributed by atoms with Gasteiger partial charge in [0, 0.05) is 11.6 Å². The topological polar surface area (TPSA) is 186 Å². The number of carbonyl (C=O) groups is 1. The lowest BCUT2D eigenvalue weighted by Crippen LogP contribution is -2.60. The molecule has 1 fully saturated rings. The molecule has 2 unspecified atom stereocenters. The SMILES string of the molecule is C/C(=C\Cc1c(O[C@@H]2OC(CO)[C@@H](O)[C@H](O)C2O)cc(O)c2c1O[C@H](c1ccc(O)cc1)CC2=O)CO. The highest BCUT2D eigenvalue weighted by atomic mass is 16.7. The number of aromatic hydroxyl groups is 2. The molecular formula is C26H30O11. The Morgan fingerprint density at radius 3 is 2.43 bits per heavy atom. The summed E-state index contributed by atoms with van der Waals surface area (Å²) < 4.78 is 17.4. The summed E-state index contributed by atoms with van der Waals surface area (Å²) in [5, 5.41) is 69.9. The van der Waals surface area contributed by atoms with Crippen molar-refractivity contribution < 1.29 is 54.8 Å². The summed E-state index contributed by atoms with van der Waals surface area (Å²) >= 11 is 0. The van der Waals surface area contributed by atoms with Crippen LogP contribution in [0.4, 0.5) is 0 Å². The molecule has 0 saturated carbocycles. The van der Waals surface area contributed by atoms with E-state index in [1.807, 2.05) is 0 Å². The lowest BCUT2D eigenvalue weighted by Gasteiger charge is -2.40. The Morgan fingerprint density at radius 1 is 1.08 bits per heavy atom. The van der Waals surface area contributed by atoms with E-state index in [-0.39, 0.29) is 48.0 Å². The van der Waals surface area contributed by atoms with Gasteiger partial charge in [0.25, 0.3) is 0 Å². The molecule has 7 N–H and O–H groups in total. The van der Waals surface area contributed by atoms with Gasteiger partial charge in [-0.3, -0.25) is 4.79 Å². The third-order valence-corrected chi connectivity index (χ3v) is 6.49. The van der Waals surface area contributed by atoms with Crippen molar-refractivity contribution in [1.29, 1.82) is 0 Å². The summed E-state index contributed by atoms with van der Waals surface area (Å²) in [6.07, 6.45) is -6.76. The number of phenolic OH excluding ortho intramolecular Hbond substituents is 2. The second kappa shape index (κ2) is 11.1. The fourth-order valence-electron chi connectivity index (χ4n) is 4.32. The fraction of sp³-hybridized carbons (Fsp3) is 0.423. The van der Waals surface area contributed by atoms with Crippen molar-refractivity contribution in [1.82, 2.24) is 0 Å². The third kappa shape index (κ3) is 5.42. The second-order valence-electron chi connectivity index (χ2n) is 9.13. The van der Waals surface area contributed by atoms with Gasteiger partial charge < -0.3 is 50.0 Å². The van der Waals surface area contributed by atoms with Gasteiger partial charge in [-0.25, -0.2) is 0 Å². The van der Waals surface area contributed by atoms with Crippen LogP contribution < -0.4 is 9.47 Å². The zero-order valence-electron chi connectivity index (χ0n) is 20.0. The molecule has 2 heterocycles. The average Bonchev–Trinajstić information content (AvgIpc) is 2.88. The number of phenols is 2.